The third-order valence-corrected chi connectivity index (χ3v) is 5.75. The Kier molecular flexibility index (Phi) is 6.40. The van der Waals surface area contributed by atoms with Gasteiger partial charge >= 0.3 is 5.97 Å². The molecule has 1 atom stereocenters. The van der Waals surface area contributed by atoms with Gasteiger partial charge in [0.1, 0.15) is 11.3 Å². The van der Waals surface area contributed by atoms with Crippen molar-refractivity contribution in [2.75, 3.05) is 7.11 Å². The number of carbonyl (C=O) groups excluding carboxylic acids is 1. The van der Waals surface area contributed by atoms with Crippen LogP contribution in [0.3, 0.4) is 0 Å². The summed E-state index contributed by atoms with van der Waals surface area (Å²) in [5, 5.41) is 16.9. The van der Waals surface area contributed by atoms with Gasteiger partial charge in [-0.15, -0.1) is 0 Å². The average Bonchev–Trinajstić information content (AvgIpc) is 3.36. The lowest BCUT2D eigenvalue weighted by Gasteiger charge is -2.14. The van der Waals surface area contributed by atoms with Crippen LogP contribution < -0.4 is 10.3 Å². The predicted molar refractivity (Wildman–Crippen MR) is 139 cm³/mol. The first-order valence-corrected chi connectivity index (χ1v) is 11.4. The number of hydrogen-bond acceptors (Lipinski definition) is 9. The molecule has 0 radical (unpaired) electrons. The molecule has 0 N–H and O–H groups in total. The van der Waals surface area contributed by atoms with Crippen molar-refractivity contribution in [2.45, 2.75) is 13.0 Å². The molecule has 11 heteroatoms. The van der Waals surface area contributed by atoms with Crippen LogP contribution in [0.2, 0.25) is 0 Å². The van der Waals surface area contributed by atoms with E-state index in [2.05, 4.69) is 10.1 Å². The molecule has 0 saturated carbocycles. The minimum atomic E-state index is -0.996. The number of benzene rings is 3. The lowest BCUT2D eigenvalue weighted by Crippen LogP contribution is -2.25. The number of esters is 1. The zero-order chi connectivity index (χ0) is 26.8. The highest BCUT2D eigenvalue weighted by Crippen LogP contribution is 2.28. The fraction of sp³-hybridized carbons (Fsp3) is 0.111. The van der Waals surface area contributed by atoms with Crippen LogP contribution in [0.5, 0.6) is 5.75 Å². The van der Waals surface area contributed by atoms with Gasteiger partial charge in [-0.25, -0.2) is 9.78 Å². The molecular formula is C27H20N4O7. The first kappa shape index (κ1) is 24.4. The van der Waals surface area contributed by atoms with Crippen LogP contribution in [0.25, 0.3) is 33.5 Å². The Morgan fingerprint density at radius 3 is 2.66 bits per heavy atom. The molecule has 0 aliphatic rings. The van der Waals surface area contributed by atoms with Gasteiger partial charge in [0, 0.05) is 23.1 Å². The normalized spacial score (nSPS) is 12.2. The van der Waals surface area contributed by atoms with Crippen molar-refractivity contribution in [1.82, 2.24) is 9.66 Å². The van der Waals surface area contributed by atoms with Crippen LogP contribution in [-0.2, 0) is 9.53 Å². The first-order chi connectivity index (χ1) is 18.4. The van der Waals surface area contributed by atoms with Crippen molar-refractivity contribution >= 4 is 39.7 Å². The zero-order valence-electron chi connectivity index (χ0n) is 20.2. The Hall–Kier alpha value is -5.32. The van der Waals surface area contributed by atoms with Gasteiger partial charge in [-0.05, 0) is 37.3 Å². The first-order valence-electron chi connectivity index (χ1n) is 11.4. The molecule has 0 saturated heterocycles. The van der Waals surface area contributed by atoms with Crippen LogP contribution in [0.4, 0.5) is 5.69 Å². The molecule has 2 heterocycles. The topological polar surface area (TPSA) is 139 Å². The summed E-state index contributed by atoms with van der Waals surface area (Å²) in [4.78, 5) is 40.8. The van der Waals surface area contributed by atoms with Crippen LogP contribution in [0, 0.1) is 10.1 Å². The predicted octanol–water partition coefficient (Wildman–Crippen LogP) is 4.54. The third kappa shape index (κ3) is 4.60. The van der Waals surface area contributed by atoms with Crippen molar-refractivity contribution in [2.24, 2.45) is 5.10 Å². The maximum absolute atomic E-state index is 13.5. The lowest BCUT2D eigenvalue weighted by molar-refractivity contribution is -0.384. The number of carbonyl (C=O) groups is 1. The average molecular weight is 512 g/mol. The van der Waals surface area contributed by atoms with E-state index in [0.717, 1.165) is 10.1 Å². The van der Waals surface area contributed by atoms with Gasteiger partial charge in [-0.3, -0.25) is 14.9 Å². The van der Waals surface area contributed by atoms with Crippen molar-refractivity contribution < 1.29 is 23.6 Å². The van der Waals surface area contributed by atoms with Crippen LogP contribution in [0.15, 0.2) is 87.1 Å². The summed E-state index contributed by atoms with van der Waals surface area (Å²) >= 11 is 0. The molecule has 0 bridgehead atoms. The largest absolute Gasteiger partial charge is 0.478 e. The molecule has 3 aromatic carbocycles. The number of nitro benzene ring substituents is 1. The summed E-state index contributed by atoms with van der Waals surface area (Å²) in [6, 6.07) is 19.7. The van der Waals surface area contributed by atoms with E-state index < -0.39 is 22.6 Å². The monoisotopic (exact) mass is 512 g/mol. The van der Waals surface area contributed by atoms with E-state index in [0.29, 0.717) is 22.2 Å². The molecule has 38 heavy (non-hydrogen) atoms. The van der Waals surface area contributed by atoms with Gasteiger partial charge in [0.15, 0.2) is 11.9 Å². The lowest BCUT2D eigenvalue weighted by atomic mass is 10.2. The zero-order valence-corrected chi connectivity index (χ0v) is 20.2. The number of rotatable bonds is 7. The van der Waals surface area contributed by atoms with Crippen LogP contribution >= 0.6 is 0 Å². The highest BCUT2D eigenvalue weighted by molar-refractivity contribution is 5.87. The molecular weight excluding hydrogens is 492 g/mol. The molecule has 2 aromatic heterocycles. The van der Waals surface area contributed by atoms with Gasteiger partial charge in [-0.1, -0.05) is 30.3 Å². The molecule has 0 spiro atoms. The van der Waals surface area contributed by atoms with E-state index in [-0.39, 0.29) is 22.8 Å². The highest BCUT2D eigenvalue weighted by atomic mass is 16.6. The number of nitro groups is 1. The van der Waals surface area contributed by atoms with Crippen molar-refractivity contribution in [1.29, 1.82) is 0 Å². The number of para-hydroxylation sites is 2. The summed E-state index contributed by atoms with van der Waals surface area (Å²) in [6.45, 7) is 1.48. The van der Waals surface area contributed by atoms with Crippen LogP contribution in [-0.4, -0.2) is 40.0 Å². The van der Waals surface area contributed by atoms with Crippen molar-refractivity contribution in [3.05, 3.63) is 98.8 Å². The molecule has 0 unspecified atom stereocenters. The second-order valence-corrected chi connectivity index (χ2v) is 8.23. The second kappa shape index (κ2) is 9.97. The quantitative estimate of drug-likeness (QED) is 0.134. The molecule has 190 valence electrons. The number of ether oxygens (including phenoxy) is 2. The van der Waals surface area contributed by atoms with Gasteiger partial charge < -0.3 is 13.9 Å². The van der Waals surface area contributed by atoms with Gasteiger partial charge in [-0.2, -0.15) is 9.78 Å². The molecule has 0 amide bonds. The molecule has 0 aliphatic heterocycles. The number of hydrogen-bond donors (Lipinski definition) is 0. The number of methoxy groups -OCH3 is 1. The van der Waals surface area contributed by atoms with E-state index in [1.165, 1.54) is 38.4 Å². The maximum atomic E-state index is 13.5. The van der Waals surface area contributed by atoms with Gasteiger partial charge in [0.05, 0.1) is 29.2 Å². The number of aromatic nitrogens is 2. The van der Waals surface area contributed by atoms with Gasteiger partial charge in [0.25, 0.3) is 11.2 Å². The smallest absolute Gasteiger partial charge is 0.346 e. The Balaban J connectivity index is 1.67. The van der Waals surface area contributed by atoms with Gasteiger partial charge in [0.2, 0.25) is 5.82 Å². The van der Waals surface area contributed by atoms with E-state index in [1.54, 1.807) is 36.4 Å². The standard InChI is InChI=1S/C27H20N4O7/c1-16(27(33)36-2)37-23-12-11-19(31(34)35)13-18(23)15-28-30-25(24-14-17-7-3-6-10-22(17)38-24)29-21-9-5-4-8-20(21)26(30)32/h3-16H,1-2H3/t16-/m0/s1. The Morgan fingerprint density at radius 1 is 1.13 bits per heavy atom. The Labute approximate surface area is 214 Å². The number of non-ortho nitro benzene ring substituents is 1. The minimum absolute atomic E-state index is 0.129. The van der Waals surface area contributed by atoms with Crippen LogP contribution in [0.1, 0.15) is 12.5 Å². The summed E-state index contributed by atoms with van der Waals surface area (Å²) < 4.78 is 17.4. The van der Waals surface area contributed by atoms with E-state index >= 15 is 0 Å². The van der Waals surface area contributed by atoms with Crippen molar-refractivity contribution in [3.8, 4) is 17.3 Å². The maximum Gasteiger partial charge on any atom is 0.346 e. The Morgan fingerprint density at radius 2 is 1.89 bits per heavy atom. The second-order valence-electron chi connectivity index (χ2n) is 8.23. The van der Waals surface area contributed by atoms with Crippen molar-refractivity contribution in [3.63, 3.8) is 0 Å². The number of fused-ring (bicyclic) bond motifs is 2. The SMILES string of the molecule is COC(=O)[C@H](C)Oc1ccc([N+](=O)[O-])cc1C=Nn1c(-c2cc3ccccc3o2)nc2ccccc2c1=O. The highest BCUT2D eigenvalue weighted by Gasteiger charge is 2.20. The fourth-order valence-electron chi connectivity index (χ4n) is 3.86. The number of nitrogens with zero attached hydrogens (tertiary/aromatic N) is 4. The summed E-state index contributed by atoms with van der Waals surface area (Å²) in [7, 11) is 1.22. The molecule has 11 nitrogen and oxygen atoms in total. The van der Waals surface area contributed by atoms with E-state index in [4.69, 9.17) is 13.9 Å². The third-order valence-electron chi connectivity index (χ3n) is 5.75. The Bertz CT molecular complexity index is 1750. The summed E-state index contributed by atoms with van der Waals surface area (Å²) in [5.74, 6) is -0.0595. The fourth-order valence-corrected chi connectivity index (χ4v) is 3.86. The minimum Gasteiger partial charge on any atom is -0.478 e. The molecule has 0 fully saturated rings. The molecule has 5 rings (SSSR count). The molecule has 0 aliphatic carbocycles. The summed E-state index contributed by atoms with van der Waals surface area (Å²) in [5.41, 5.74) is 0.506. The van der Waals surface area contributed by atoms with E-state index in [9.17, 15) is 19.7 Å². The van der Waals surface area contributed by atoms with E-state index in [1.807, 2.05) is 18.2 Å². The molecule has 5 aromatic rings. The summed E-state index contributed by atoms with van der Waals surface area (Å²) in [6.07, 6.45) is 0.237. The number of furan rings is 1.